The molecule has 0 radical (unpaired) electrons. The number of aromatic nitrogens is 2. The van der Waals surface area contributed by atoms with Gasteiger partial charge in [-0.25, -0.2) is 0 Å². The molecular weight excluding hydrogens is 352 g/mol. The largest absolute Gasteiger partial charge is 0.480 e. The summed E-state index contributed by atoms with van der Waals surface area (Å²) in [5.74, 6) is 1.37. The van der Waals surface area contributed by atoms with Gasteiger partial charge in [0.15, 0.2) is 5.82 Å². The first kappa shape index (κ1) is 18.0. The number of methoxy groups -OCH3 is 1. The molecule has 1 aromatic heterocycles. The van der Waals surface area contributed by atoms with Gasteiger partial charge in [-0.1, -0.05) is 42.5 Å². The van der Waals surface area contributed by atoms with Gasteiger partial charge in [0.05, 0.1) is 7.11 Å². The quantitative estimate of drug-likeness (QED) is 0.702. The van der Waals surface area contributed by atoms with Gasteiger partial charge in [-0.3, -0.25) is 4.79 Å². The Balaban J connectivity index is 1.38. The van der Waals surface area contributed by atoms with Crippen LogP contribution in [0.25, 0.3) is 11.1 Å². The van der Waals surface area contributed by atoms with Gasteiger partial charge in [-0.15, -0.1) is 10.2 Å². The van der Waals surface area contributed by atoms with E-state index in [1.54, 1.807) is 13.2 Å². The summed E-state index contributed by atoms with van der Waals surface area (Å²) in [6, 6.07) is 21.7. The number of carbonyl (C=O) groups excluding carboxylic acids is 1. The first-order chi connectivity index (χ1) is 13.7. The normalized spacial score (nSPS) is 14.0. The van der Waals surface area contributed by atoms with Gasteiger partial charge in [0.1, 0.15) is 0 Å². The van der Waals surface area contributed by atoms with Crippen LogP contribution in [0, 0.1) is 0 Å². The standard InChI is InChI=1S/C22H22N4O2/c1-28-21-12-11-20(23-24-21)25-13-15-26(16-14-25)22(27)19-9-7-18(8-10-19)17-5-3-2-4-6-17/h2-12H,13-16H2,1H3. The Morgan fingerprint density at radius 2 is 1.50 bits per heavy atom. The van der Waals surface area contributed by atoms with Gasteiger partial charge in [0.2, 0.25) is 5.88 Å². The van der Waals surface area contributed by atoms with Gasteiger partial charge >= 0.3 is 0 Å². The second-order valence-electron chi connectivity index (χ2n) is 6.66. The van der Waals surface area contributed by atoms with Crippen LogP contribution in [-0.4, -0.2) is 54.3 Å². The van der Waals surface area contributed by atoms with Crippen molar-refractivity contribution in [3.63, 3.8) is 0 Å². The molecule has 1 fully saturated rings. The number of ether oxygens (including phenoxy) is 1. The zero-order valence-corrected chi connectivity index (χ0v) is 15.8. The number of anilines is 1. The number of hydrogen-bond donors (Lipinski definition) is 0. The average Bonchev–Trinajstić information content (AvgIpc) is 2.79. The molecular formula is C22H22N4O2. The zero-order valence-electron chi connectivity index (χ0n) is 15.8. The molecule has 0 spiro atoms. The molecule has 0 aliphatic carbocycles. The molecule has 1 aliphatic heterocycles. The van der Waals surface area contributed by atoms with Crippen molar-refractivity contribution in [2.75, 3.05) is 38.2 Å². The maximum absolute atomic E-state index is 12.8. The lowest BCUT2D eigenvalue weighted by Gasteiger charge is -2.35. The lowest BCUT2D eigenvalue weighted by molar-refractivity contribution is 0.0746. The Morgan fingerprint density at radius 3 is 2.11 bits per heavy atom. The van der Waals surface area contributed by atoms with Crippen LogP contribution in [0.1, 0.15) is 10.4 Å². The van der Waals surface area contributed by atoms with Gasteiger partial charge in [0, 0.05) is 37.8 Å². The average molecular weight is 374 g/mol. The van der Waals surface area contributed by atoms with Crippen LogP contribution in [0.4, 0.5) is 5.82 Å². The van der Waals surface area contributed by atoms with Crippen LogP contribution < -0.4 is 9.64 Å². The zero-order chi connectivity index (χ0) is 19.3. The van der Waals surface area contributed by atoms with E-state index >= 15 is 0 Å². The number of hydrogen-bond acceptors (Lipinski definition) is 5. The van der Waals surface area contributed by atoms with E-state index in [4.69, 9.17) is 4.74 Å². The van der Waals surface area contributed by atoms with E-state index in [0.29, 0.717) is 19.0 Å². The molecule has 2 heterocycles. The Kier molecular flexibility index (Phi) is 5.19. The summed E-state index contributed by atoms with van der Waals surface area (Å²) in [5.41, 5.74) is 2.98. The second kappa shape index (κ2) is 8.08. The molecule has 2 aromatic carbocycles. The highest BCUT2D eigenvalue weighted by molar-refractivity contribution is 5.94. The maximum atomic E-state index is 12.8. The monoisotopic (exact) mass is 374 g/mol. The minimum atomic E-state index is 0.0695. The number of rotatable bonds is 4. The predicted octanol–water partition coefficient (Wildman–Crippen LogP) is 3.11. The van der Waals surface area contributed by atoms with Crippen LogP contribution in [0.5, 0.6) is 5.88 Å². The molecule has 142 valence electrons. The summed E-state index contributed by atoms with van der Waals surface area (Å²) in [7, 11) is 1.57. The summed E-state index contributed by atoms with van der Waals surface area (Å²) in [6.07, 6.45) is 0. The molecule has 1 amide bonds. The van der Waals surface area contributed by atoms with Crippen molar-refractivity contribution in [3.05, 3.63) is 72.3 Å². The molecule has 0 saturated carbocycles. The minimum absolute atomic E-state index is 0.0695. The number of piperazine rings is 1. The third-order valence-electron chi connectivity index (χ3n) is 4.96. The van der Waals surface area contributed by atoms with E-state index in [2.05, 4.69) is 27.2 Å². The molecule has 4 rings (SSSR count). The number of benzene rings is 2. The van der Waals surface area contributed by atoms with Crippen LogP contribution in [0.2, 0.25) is 0 Å². The van der Waals surface area contributed by atoms with Crippen molar-refractivity contribution >= 4 is 11.7 Å². The summed E-state index contributed by atoms with van der Waals surface area (Å²) >= 11 is 0. The molecule has 28 heavy (non-hydrogen) atoms. The van der Waals surface area contributed by atoms with Crippen LogP contribution >= 0.6 is 0 Å². The first-order valence-corrected chi connectivity index (χ1v) is 9.32. The lowest BCUT2D eigenvalue weighted by atomic mass is 10.0. The third-order valence-corrected chi connectivity index (χ3v) is 4.96. The number of carbonyl (C=O) groups is 1. The second-order valence-corrected chi connectivity index (χ2v) is 6.66. The van der Waals surface area contributed by atoms with E-state index in [0.717, 1.165) is 35.6 Å². The van der Waals surface area contributed by atoms with E-state index in [1.807, 2.05) is 53.4 Å². The molecule has 6 nitrogen and oxygen atoms in total. The third kappa shape index (κ3) is 3.81. The maximum Gasteiger partial charge on any atom is 0.253 e. The van der Waals surface area contributed by atoms with Crippen molar-refractivity contribution in [2.24, 2.45) is 0 Å². The Morgan fingerprint density at radius 1 is 0.821 bits per heavy atom. The van der Waals surface area contributed by atoms with Gasteiger partial charge in [-0.05, 0) is 29.3 Å². The molecule has 0 atom stereocenters. The van der Waals surface area contributed by atoms with E-state index in [9.17, 15) is 4.79 Å². The molecule has 1 aliphatic rings. The topological polar surface area (TPSA) is 58.6 Å². The highest BCUT2D eigenvalue weighted by Gasteiger charge is 2.23. The molecule has 0 bridgehead atoms. The minimum Gasteiger partial charge on any atom is -0.480 e. The number of amides is 1. The summed E-state index contributed by atoms with van der Waals surface area (Å²) < 4.78 is 5.05. The van der Waals surface area contributed by atoms with Crippen LogP contribution in [0.15, 0.2) is 66.7 Å². The van der Waals surface area contributed by atoms with Gasteiger partial charge in [0.25, 0.3) is 5.91 Å². The summed E-state index contributed by atoms with van der Waals surface area (Å²) in [4.78, 5) is 16.9. The molecule has 0 unspecified atom stereocenters. The van der Waals surface area contributed by atoms with Crippen molar-refractivity contribution in [1.29, 1.82) is 0 Å². The Bertz CT molecular complexity index is 919. The highest BCUT2D eigenvalue weighted by Crippen LogP contribution is 2.21. The summed E-state index contributed by atoms with van der Waals surface area (Å²) in [6.45, 7) is 2.78. The predicted molar refractivity (Wildman–Crippen MR) is 109 cm³/mol. The smallest absolute Gasteiger partial charge is 0.253 e. The van der Waals surface area contributed by atoms with Crippen LogP contribution in [-0.2, 0) is 0 Å². The van der Waals surface area contributed by atoms with Gasteiger partial charge in [-0.2, -0.15) is 0 Å². The van der Waals surface area contributed by atoms with E-state index in [1.165, 1.54) is 0 Å². The number of nitrogens with zero attached hydrogens (tertiary/aromatic N) is 4. The molecule has 0 N–H and O–H groups in total. The van der Waals surface area contributed by atoms with Gasteiger partial charge < -0.3 is 14.5 Å². The van der Waals surface area contributed by atoms with E-state index < -0.39 is 0 Å². The highest BCUT2D eigenvalue weighted by atomic mass is 16.5. The van der Waals surface area contributed by atoms with Crippen molar-refractivity contribution in [1.82, 2.24) is 15.1 Å². The van der Waals surface area contributed by atoms with Crippen LogP contribution in [0.3, 0.4) is 0 Å². The van der Waals surface area contributed by atoms with Crippen molar-refractivity contribution < 1.29 is 9.53 Å². The first-order valence-electron chi connectivity index (χ1n) is 9.32. The molecule has 6 heteroatoms. The fourth-order valence-corrected chi connectivity index (χ4v) is 3.35. The fourth-order valence-electron chi connectivity index (χ4n) is 3.35. The van der Waals surface area contributed by atoms with Crippen molar-refractivity contribution in [3.8, 4) is 17.0 Å². The SMILES string of the molecule is COc1ccc(N2CCN(C(=O)c3ccc(-c4ccccc4)cc3)CC2)nn1. The van der Waals surface area contributed by atoms with E-state index in [-0.39, 0.29) is 5.91 Å². The Hall–Kier alpha value is -3.41. The lowest BCUT2D eigenvalue weighted by Crippen LogP contribution is -2.49. The fraction of sp³-hybridized carbons (Fsp3) is 0.227. The summed E-state index contributed by atoms with van der Waals surface area (Å²) in [5, 5.41) is 8.20. The Labute approximate surface area is 164 Å². The molecule has 3 aromatic rings. The van der Waals surface area contributed by atoms with Crippen molar-refractivity contribution in [2.45, 2.75) is 0 Å². The molecule has 1 saturated heterocycles.